The van der Waals surface area contributed by atoms with E-state index in [1.807, 2.05) is 42.5 Å². The van der Waals surface area contributed by atoms with Gasteiger partial charge in [0, 0.05) is 0 Å². The Bertz CT molecular complexity index is 1450. The highest BCUT2D eigenvalue weighted by Gasteiger charge is 2.24. The van der Waals surface area contributed by atoms with E-state index in [0.29, 0.717) is 32.4 Å². The SMILES string of the molecule is O=C1NC(=Nc2cccc(Cl)c2Cl)S/C1=C\c1ccc(OCc2ccc3ccccc3c2)cc1. The first-order valence-corrected chi connectivity index (χ1v) is 12.1. The predicted octanol–water partition coefficient (Wildman–Crippen LogP) is 7.62. The van der Waals surface area contributed by atoms with Crippen LogP contribution < -0.4 is 10.1 Å². The van der Waals surface area contributed by atoms with Crippen molar-refractivity contribution in [3.8, 4) is 5.75 Å². The molecular formula is C27H18Cl2N2O2S. The van der Waals surface area contributed by atoms with Crippen molar-refractivity contribution >= 4 is 68.6 Å². The van der Waals surface area contributed by atoms with Crippen molar-refractivity contribution in [1.82, 2.24) is 5.32 Å². The molecule has 0 unspecified atom stereocenters. The van der Waals surface area contributed by atoms with Crippen molar-refractivity contribution in [1.29, 1.82) is 0 Å². The van der Waals surface area contributed by atoms with Crippen LogP contribution in [-0.4, -0.2) is 11.1 Å². The Kier molecular flexibility index (Phi) is 6.59. The highest BCUT2D eigenvalue weighted by molar-refractivity contribution is 8.18. The van der Waals surface area contributed by atoms with Crippen LogP contribution in [0, 0.1) is 0 Å². The minimum absolute atomic E-state index is 0.210. The molecule has 4 nitrogen and oxygen atoms in total. The first kappa shape index (κ1) is 22.5. The Morgan fingerprint density at radius 3 is 2.53 bits per heavy atom. The number of rotatable bonds is 5. The summed E-state index contributed by atoms with van der Waals surface area (Å²) in [5.41, 5.74) is 2.50. The van der Waals surface area contributed by atoms with Gasteiger partial charge in [-0.2, -0.15) is 0 Å². The fourth-order valence-corrected chi connectivity index (χ4v) is 4.65. The zero-order valence-electron chi connectivity index (χ0n) is 17.8. The molecule has 4 aromatic rings. The number of benzene rings is 4. The van der Waals surface area contributed by atoms with E-state index in [9.17, 15) is 4.79 Å². The number of aliphatic imine (C=N–C) groups is 1. The second-order valence-corrected chi connectivity index (χ2v) is 9.41. The normalized spacial score (nSPS) is 15.8. The Labute approximate surface area is 211 Å². The second kappa shape index (κ2) is 9.94. The summed E-state index contributed by atoms with van der Waals surface area (Å²) in [5, 5.41) is 6.38. The molecule has 4 aromatic carbocycles. The van der Waals surface area contributed by atoms with Crippen LogP contribution in [-0.2, 0) is 11.4 Å². The van der Waals surface area contributed by atoms with Crippen molar-refractivity contribution in [3.05, 3.63) is 111 Å². The quantitative estimate of drug-likeness (QED) is 0.284. The van der Waals surface area contributed by atoms with Gasteiger partial charge in [-0.1, -0.05) is 77.8 Å². The first-order chi connectivity index (χ1) is 16.5. The summed E-state index contributed by atoms with van der Waals surface area (Å²) in [6.45, 7) is 0.482. The van der Waals surface area contributed by atoms with Crippen LogP contribution in [0.15, 0.2) is 94.8 Å². The van der Waals surface area contributed by atoms with Crippen LogP contribution in [0.2, 0.25) is 10.0 Å². The number of hydrogen-bond donors (Lipinski definition) is 1. The summed E-state index contributed by atoms with van der Waals surface area (Å²) in [6.07, 6.45) is 1.81. The molecule has 0 radical (unpaired) electrons. The molecule has 1 aliphatic rings. The molecule has 0 aromatic heterocycles. The van der Waals surface area contributed by atoms with Crippen LogP contribution in [0.1, 0.15) is 11.1 Å². The molecule has 0 atom stereocenters. The van der Waals surface area contributed by atoms with E-state index in [-0.39, 0.29) is 5.91 Å². The molecule has 1 amide bonds. The summed E-state index contributed by atoms with van der Waals surface area (Å²) in [6, 6.07) is 27.4. The molecule has 0 spiro atoms. The van der Waals surface area contributed by atoms with E-state index in [1.165, 1.54) is 22.5 Å². The molecule has 0 saturated carbocycles. The Balaban J connectivity index is 1.25. The molecule has 1 aliphatic heterocycles. The van der Waals surface area contributed by atoms with Crippen LogP contribution in [0.3, 0.4) is 0 Å². The van der Waals surface area contributed by atoms with Gasteiger partial charge in [0.2, 0.25) is 0 Å². The van der Waals surface area contributed by atoms with E-state index in [4.69, 9.17) is 27.9 Å². The number of nitrogens with one attached hydrogen (secondary N) is 1. The first-order valence-electron chi connectivity index (χ1n) is 10.5. The summed E-state index contributed by atoms with van der Waals surface area (Å²) in [5.74, 6) is 0.551. The third kappa shape index (κ3) is 5.12. The summed E-state index contributed by atoms with van der Waals surface area (Å²) in [4.78, 5) is 17.3. The lowest BCUT2D eigenvalue weighted by Crippen LogP contribution is -2.19. The molecular weight excluding hydrogens is 487 g/mol. The molecule has 1 fully saturated rings. The van der Waals surface area contributed by atoms with E-state index >= 15 is 0 Å². The van der Waals surface area contributed by atoms with Crippen LogP contribution in [0.25, 0.3) is 16.8 Å². The minimum atomic E-state index is -0.210. The number of carbonyl (C=O) groups is 1. The molecule has 168 valence electrons. The zero-order valence-corrected chi connectivity index (χ0v) is 20.1. The van der Waals surface area contributed by atoms with E-state index < -0.39 is 0 Å². The fraction of sp³-hybridized carbons (Fsp3) is 0.0370. The van der Waals surface area contributed by atoms with Gasteiger partial charge < -0.3 is 10.1 Å². The minimum Gasteiger partial charge on any atom is -0.489 e. The largest absolute Gasteiger partial charge is 0.489 e. The highest BCUT2D eigenvalue weighted by atomic mass is 35.5. The maximum atomic E-state index is 12.4. The maximum Gasteiger partial charge on any atom is 0.264 e. The molecule has 7 heteroatoms. The van der Waals surface area contributed by atoms with Gasteiger partial charge in [-0.25, -0.2) is 4.99 Å². The Morgan fingerprint density at radius 1 is 0.912 bits per heavy atom. The molecule has 0 bridgehead atoms. The Morgan fingerprint density at radius 2 is 1.71 bits per heavy atom. The van der Waals surface area contributed by atoms with E-state index in [1.54, 1.807) is 18.2 Å². The lowest BCUT2D eigenvalue weighted by molar-refractivity contribution is -0.115. The number of fused-ring (bicyclic) bond motifs is 1. The number of ether oxygens (including phenoxy) is 1. The number of halogens is 2. The van der Waals surface area contributed by atoms with Gasteiger partial charge >= 0.3 is 0 Å². The number of hydrogen-bond acceptors (Lipinski definition) is 4. The molecule has 0 aliphatic carbocycles. The van der Waals surface area contributed by atoms with Gasteiger partial charge in [-0.15, -0.1) is 0 Å². The van der Waals surface area contributed by atoms with Gasteiger partial charge in [-0.3, -0.25) is 4.79 Å². The van der Waals surface area contributed by atoms with Crippen LogP contribution >= 0.6 is 35.0 Å². The molecule has 1 N–H and O–H groups in total. The number of amidine groups is 1. The number of thioether (sulfide) groups is 1. The monoisotopic (exact) mass is 504 g/mol. The van der Waals surface area contributed by atoms with Crippen LogP contribution in [0.5, 0.6) is 5.75 Å². The summed E-state index contributed by atoms with van der Waals surface area (Å²) >= 11 is 13.5. The average Bonchev–Trinajstić information content (AvgIpc) is 3.19. The van der Waals surface area contributed by atoms with Crippen molar-refractivity contribution in [2.75, 3.05) is 0 Å². The lowest BCUT2D eigenvalue weighted by atomic mass is 10.1. The van der Waals surface area contributed by atoms with Gasteiger partial charge in [-0.05, 0) is 70.1 Å². The van der Waals surface area contributed by atoms with Crippen molar-refractivity contribution < 1.29 is 9.53 Å². The Hall–Kier alpha value is -3.25. The van der Waals surface area contributed by atoms with Gasteiger partial charge in [0.25, 0.3) is 5.91 Å². The second-order valence-electron chi connectivity index (χ2n) is 7.59. The fourth-order valence-electron chi connectivity index (χ4n) is 3.48. The third-order valence-corrected chi connectivity index (χ3v) is 6.92. The van der Waals surface area contributed by atoms with Gasteiger partial charge in [0.05, 0.1) is 20.6 Å². The zero-order chi connectivity index (χ0) is 23.5. The number of carbonyl (C=O) groups excluding carboxylic acids is 1. The third-order valence-electron chi connectivity index (χ3n) is 5.20. The standard InChI is InChI=1S/C27H18Cl2N2O2S/c28-22-6-3-7-23(25(22)29)30-27-31-26(32)24(34-27)15-17-9-12-21(13-10-17)33-16-18-8-11-19-4-1-2-5-20(19)14-18/h1-15H,16H2,(H,30,31,32)/b24-15-. The molecule has 5 rings (SSSR count). The topological polar surface area (TPSA) is 50.7 Å². The van der Waals surface area contributed by atoms with Gasteiger partial charge in [0.15, 0.2) is 5.17 Å². The maximum absolute atomic E-state index is 12.4. The molecule has 34 heavy (non-hydrogen) atoms. The van der Waals surface area contributed by atoms with Crippen molar-refractivity contribution in [3.63, 3.8) is 0 Å². The van der Waals surface area contributed by atoms with Crippen molar-refractivity contribution in [2.45, 2.75) is 6.61 Å². The predicted molar refractivity (Wildman–Crippen MR) is 142 cm³/mol. The van der Waals surface area contributed by atoms with Crippen molar-refractivity contribution in [2.24, 2.45) is 4.99 Å². The van der Waals surface area contributed by atoms with E-state index in [2.05, 4.69) is 40.6 Å². The average molecular weight is 505 g/mol. The summed E-state index contributed by atoms with van der Waals surface area (Å²) in [7, 11) is 0. The number of amides is 1. The van der Waals surface area contributed by atoms with Gasteiger partial charge in [0.1, 0.15) is 12.4 Å². The number of nitrogens with zero attached hydrogens (tertiary/aromatic N) is 1. The lowest BCUT2D eigenvalue weighted by Gasteiger charge is -2.08. The summed E-state index contributed by atoms with van der Waals surface area (Å²) < 4.78 is 5.94. The van der Waals surface area contributed by atoms with E-state index in [0.717, 1.165) is 16.9 Å². The highest BCUT2D eigenvalue weighted by Crippen LogP contribution is 2.34. The smallest absolute Gasteiger partial charge is 0.264 e. The molecule has 1 saturated heterocycles. The van der Waals surface area contributed by atoms with Crippen LogP contribution in [0.4, 0.5) is 5.69 Å². The molecule has 1 heterocycles.